The molecule has 7 heteroatoms. The quantitative estimate of drug-likeness (QED) is 0.479. The Labute approximate surface area is 176 Å². The summed E-state index contributed by atoms with van der Waals surface area (Å²) in [6.07, 6.45) is 3.95. The second-order valence-electron chi connectivity index (χ2n) is 7.70. The van der Waals surface area contributed by atoms with E-state index in [1.54, 1.807) is 6.07 Å². The zero-order chi connectivity index (χ0) is 21.5. The largest absolute Gasteiger partial charge is 0.475 e. The van der Waals surface area contributed by atoms with Gasteiger partial charge in [0.1, 0.15) is 11.9 Å². The Hall–Kier alpha value is -2.64. The zero-order valence-electron chi connectivity index (χ0n) is 17.2. The Morgan fingerprint density at radius 1 is 1.20 bits per heavy atom. The minimum Gasteiger partial charge on any atom is -0.475 e. The number of rotatable bonds is 11. The number of hydrogen-bond acceptors (Lipinski definition) is 5. The average molecular weight is 415 g/mol. The maximum atomic E-state index is 11.4. The lowest BCUT2D eigenvalue weighted by Crippen LogP contribution is -2.30. The van der Waals surface area contributed by atoms with Crippen molar-refractivity contribution in [1.82, 2.24) is 5.32 Å². The highest BCUT2D eigenvalue weighted by molar-refractivity contribution is 5.84. The van der Waals surface area contributed by atoms with E-state index in [0.29, 0.717) is 31.6 Å². The SMILES string of the molecule is CCCCCC(O)c1ccc([C@H](OCC2CCC(=O)N2)c2ccc(C(=O)O)o2)cc1. The Morgan fingerprint density at radius 2 is 1.93 bits per heavy atom. The molecule has 1 aliphatic heterocycles. The first-order chi connectivity index (χ1) is 14.5. The summed E-state index contributed by atoms with van der Waals surface area (Å²) in [5.74, 6) is -0.912. The predicted molar refractivity (Wildman–Crippen MR) is 110 cm³/mol. The van der Waals surface area contributed by atoms with E-state index in [0.717, 1.165) is 30.4 Å². The van der Waals surface area contributed by atoms with Crippen LogP contribution in [0.1, 0.15) is 85.1 Å². The zero-order valence-corrected chi connectivity index (χ0v) is 17.2. The highest BCUT2D eigenvalue weighted by Crippen LogP contribution is 2.30. The van der Waals surface area contributed by atoms with Gasteiger partial charge in [-0.1, -0.05) is 50.5 Å². The van der Waals surface area contributed by atoms with Crippen molar-refractivity contribution < 1.29 is 29.0 Å². The number of unbranched alkanes of at least 4 members (excludes halogenated alkanes) is 2. The molecule has 3 atom stereocenters. The summed E-state index contributed by atoms with van der Waals surface area (Å²) < 4.78 is 11.5. The normalized spacial score (nSPS) is 18.2. The minimum atomic E-state index is -1.14. The first kappa shape index (κ1) is 22.1. The highest BCUT2D eigenvalue weighted by atomic mass is 16.5. The number of aliphatic hydroxyl groups is 1. The summed E-state index contributed by atoms with van der Waals surface area (Å²) in [7, 11) is 0. The van der Waals surface area contributed by atoms with Crippen LogP contribution in [0.4, 0.5) is 0 Å². The van der Waals surface area contributed by atoms with Crippen LogP contribution in [-0.2, 0) is 9.53 Å². The Morgan fingerprint density at radius 3 is 2.53 bits per heavy atom. The van der Waals surface area contributed by atoms with Gasteiger partial charge in [0.2, 0.25) is 11.7 Å². The predicted octanol–water partition coefficient (Wildman–Crippen LogP) is 3.98. The molecule has 2 unspecified atom stereocenters. The maximum absolute atomic E-state index is 11.4. The Bertz CT molecular complexity index is 844. The number of furan rings is 1. The Balaban J connectivity index is 1.74. The molecular weight excluding hydrogens is 386 g/mol. The average Bonchev–Trinajstić information content (AvgIpc) is 3.38. The smallest absolute Gasteiger partial charge is 0.371 e. The van der Waals surface area contributed by atoms with Gasteiger partial charge in [-0.05, 0) is 36.1 Å². The van der Waals surface area contributed by atoms with Crippen molar-refractivity contribution >= 4 is 11.9 Å². The van der Waals surface area contributed by atoms with E-state index < -0.39 is 18.2 Å². The third-order valence-electron chi connectivity index (χ3n) is 5.35. The van der Waals surface area contributed by atoms with E-state index in [2.05, 4.69) is 12.2 Å². The van der Waals surface area contributed by atoms with Gasteiger partial charge in [0.25, 0.3) is 0 Å². The van der Waals surface area contributed by atoms with E-state index >= 15 is 0 Å². The molecule has 1 fully saturated rings. The second kappa shape index (κ2) is 10.4. The first-order valence-corrected chi connectivity index (χ1v) is 10.5. The summed E-state index contributed by atoms with van der Waals surface area (Å²) in [5.41, 5.74) is 1.62. The second-order valence-corrected chi connectivity index (χ2v) is 7.70. The van der Waals surface area contributed by atoms with E-state index in [-0.39, 0.29) is 17.7 Å². The van der Waals surface area contributed by atoms with E-state index in [1.165, 1.54) is 6.07 Å². The standard InChI is InChI=1S/C23H29NO6/c1-2-3-4-5-18(25)15-6-8-16(9-7-15)22(19-11-12-20(30-19)23(27)28)29-14-17-10-13-21(26)24-17/h6-9,11-12,17-18,22,25H,2-5,10,13-14H2,1H3,(H,24,26)(H,27,28)/t17?,18?,22-/m0/s1. The molecule has 0 radical (unpaired) electrons. The number of carbonyl (C=O) groups excluding carboxylic acids is 1. The molecule has 0 bridgehead atoms. The van der Waals surface area contributed by atoms with Gasteiger partial charge in [-0.3, -0.25) is 4.79 Å². The topological polar surface area (TPSA) is 109 Å². The fourth-order valence-corrected chi connectivity index (χ4v) is 3.61. The molecule has 7 nitrogen and oxygen atoms in total. The molecular formula is C23H29NO6. The summed E-state index contributed by atoms with van der Waals surface area (Å²) in [5, 5.41) is 22.4. The summed E-state index contributed by atoms with van der Waals surface area (Å²) in [4.78, 5) is 22.6. The molecule has 2 aromatic rings. The van der Waals surface area contributed by atoms with E-state index in [1.807, 2.05) is 24.3 Å². The van der Waals surface area contributed by atoms with Crippen LogP contribution in [0.3, 0.4) is 0 Å². The molecule has 0 aliphatic carbocycles. The third-order valence-corrected chi connectivity index (χ3v) is 5.35. The van der Waals surface area contributed by atoms with Gasteiger partial charge < -0.3 is 24.7 Å². The number of amides is 1. The lowest BCUT2D eigenvalue weighted by molar-refractivity contribution is -0.119. The third kappa shape index (κ3) is 5.70. The van der Waals surface area contributed by atoms with Crippen molar-refractivity contribution in [3.8, 4) is 0 Å². The van der Waals surface area contributed by atoms with Crippen LogP contribution >= 0.6 is 0 Å². The molecule has 1 aromatic heterocycles. The molecule has 0 saturated carbocycles. The molecule has 1 amide bonds. The molecule has 2 heterocycles. The van der Waals surface area contributed by atoms with Gasteiger partial charge >= 0.3 is 5.97 Å². The van der Waals surface area contributed by atoms with Gasteiger partial charge in [-0.15, -0.1) is 0 Å². The molecule has 1 aromatic carbocycles. The summed E-state index contributed by atoms with van der Waals surface area (Å²) in [6, 6.07) is 10.4. The van der Waals surface area contributed by atoms with Gasteiger partial charge in [0.15, 0.2) is 0 Å². The van der Waals surface area contributed by atoms with Crippen molar-refractivity contribution in [2.24, 2.45) is 0 Å². The highest BCUT2D eigenvalue weighted by Gasteiger charge is 2.26. The maximum Gasteiger partial charge on any atom is 0.371 e. The number of hydrogen-bond donors (Lipinski definition) is 3. The number of benzene rings is 1. The van der Waals surface area contributed by atoms with Gasteiger partial charge in [0, 0.05) is 6.42 Å². The number of nitrogens with one attached hydrogen (secondary N) is 1. The van der Waals surface area contributed by atoms with Crippen LogP contribution in [0, 0.1) is 0 Å². The summed E-state index contributed by atoms with van der Waals surface area (Å²) >= 11 is 0. The van der Waals surface area contributed by atoms with E-state index in [4.69, 9.17) is 14.3 Å². The van der Waals surface area contributed by atoms with Gasteiger partial charge in [0.05, 0.1) is 18.8 Å². The number of aromatic carboxylic acids is 1. The van der Waals surface area contributed by atoms with E-state index in [9.17, 15) is 14.7 Å². The van der Waals surface area contributed by atoms with Gasteiger partial charge in [-0.25, -0.2) is 4.79 Å². The van der Waals surface area contributed by atoms with Crippen molar-refractivity contribution in [2.75, 3.05) is 6.61 Å². The lowest BCUT2D eigenvalue weighted by atomic mass is 9.99. The number of carboxylic acid groups (broad SMARTS) is 1. The first-order valence-electron chi connectivity index (χ1n) is 10.5. The van der Waals surface area contributed by atoms with Crippen LogP contribution in [-0.4, -0.2) is 34.7 Å². The van der Waals surface area contributed by atoms with Crippen molar-refractivity contribution in [3.05, 3.63) is 59.0 Å². The van der Waals surface area contributed by atoms with Crippen LogP contribution in [0.15, 0.2) is 40.8 Å². The van der Waals surface area contributed by atoms with Crippen LogP contribution in [0.2, 0.25) is 0 Å². The molecule has 30 heavy (non-hydrogen) atoms. The number of ether oxygens (including phenoxy) is 1. The number of carbonyl (C=O) groups is 2. The van der Waals surface area contributed by atoms with Crippen molar-refractivity contribution in [1.29, 1.82) is 0 Å². The monoisotopic (exact) mass is 415 g/mol. The Kier molecular flexibility index (Phi) is 7.65. The van der Waals surface area contributed by atoms with Crippen molar-refractivity contribution in [2.45, 2.75) is 63.7 Å². The fraction of sp³-hybridized carbons (Fsp3) is 0.478. The molecule has 162 valence electrons. The summed E-state index contributed by atoms with van der Waals surface area (Å²) in [6.45, 7) is 2.42. The molecule has 3 rings (SSSR count). The number of carboxylic acids is 1. The molecule has 3 N–H and O–H groups in total. The lowest BCUT2D eigenvalue weighted by Gasteiger charge is -2.20. The van der Waals surface area contributed by atoms with Crippen LogP contribution in [0.5, 0.6) is 0 Å². The molecule has 1 saturated heterocycles. The fourth-order valence-electron chi connectivity index (χ4n) is 3.61. The van der Waals surface area contributed by atoms with Crippen LogP contribution < -0.4 is 5.32 Å². The number of aliphatic hydroxyl groups excluding tert-OH is 1. The van der Waals surface area contributed by atoms with Crippen LogP contribution in [0.25, 0.3) is 0 Å². The minimum absolute atomic E-state index is 0.00715. The van der Waals surface area contributed by atoms with Gasteiger partial charge in [-0.2, -0.15) is 0 Å². The molecule has 0 spiro atoms. The molecule has 1 aliphatic rings. The van der Waals surface area contributed by atoms with Crippen molar-refractivity contribution in [3.63, 3.8) is 0 Å².